The van der Waals surface area contributed by atoms with E-state index < -0.39 is 6.04 Å². The van der Waals surface area contributed by atoms with Gasteiger partial charge < -0.3 is 26.0 Å². The highest BCUT2D eigenvalue weighted by molar-refractivity contribution is 5.87. The molecule has 9 heteroatoms. The Morgan fingerprint density at radius 2 is 1.82 bits per heavy atom. The molecule has 0 radical (unpaired) electrons. The molecule has 0 unspecified atom stereocenters. The molecular formula is C19H32Cl2N4O3. The van der Waals surface area contributed by atoms with Gasteiger partial charge in [-0.15, -0.1) is 24.8 Å². The largest absolute Gasteiger partial charge is 0.495 e. The molecule has 2 rings (SSSR count). The Morgan fingerprint density at radius 3 is 2.39 bits per heavy atom. The first-order valence-corrected chi connectivity index (χ1v) is 9.13. The van der Waals surface area contributed by atoms with Crippen LogP contribution in [0.5, 0.6) is 5.75 Å². The van der Waals surface area contributed by atoms with Gasteiger partial charge in [0.2, 0.25) is 11.8 Å². The monoisotopic (exact) mass is 434 g/mol. The smallest absolute Gasteiger partial charge is 0.239 e. The van der Waals surface area contributed by atoms with E-state index in [9.17, 15) is 9.59 Å². The number of nitrogens with zero attached hydrogens (tertiary/aromatic N) is 1. The first-order valence-electron chi connectivity index (χ1n) is 9.13. The number of carbonyl (C=O) groups is 2. The maximum absolute atomic E-state index is 12.1. The summed E-state index contributed by atoms with van der Waals surface area (Å²) in [7, 11) is 1.67. The molecule has 7 nitrogen and oxygen atoms in total. The number of piperidine rings is 1. The van der Waals surface area contributed by atoms with Crippen LogP contribution in [0.15, 0.2) is 24.3 Å². The second-order valence-corrected chi connectivity index (χ2v) is 6.99. The minimum absolute atomic E-state index is 0. The van der Waals surface area contributed by atoms with Gasteiger partial charge in [0.05, 0.1) is 25.4 Å². The van der Waals surface area contributed by atoms with Crippen LogP contribution in [0.1, 0.15) is 26.7 Å². The lowest BCUT2D eigenvalue weighted by Crippen LogP contribution is -2.50. The van der Waals surface area contributed by atoms with E-state index in [1.165, 1.54) is 0 Å². The van der Waals surface area contributed by atoms with Gasteiger partial charge in [0.25, 0.3) is 0 Å². The fourth-order valence-corrected chi connectivity index (χ4v) is 3.02. The Morgan fingerprint density at radius 1 is 1.21 bits per heavy atom. The Labute approximate surface area is 179 Å². The molecule has 4 N–H and O–H groups in total. The van der Waals surface area contributed by atoms with Gasteiger partial charge in [-0.25, -0.2) is 0 Å². The molecule has 0 spiro atoms. The number of ether oxygens (including phenoxy) is 1. The molecule has 1 aromatic carbocycles. The van der Waals surface area contributed by atoms with Crippen LogP contribution < -0.4 is 26.0 Å². The lowest BCUT2D eigenvalue weighted by molar-refractivity contribution is -0.127. The Kier molecular flexibility index (Phi) is 11.9. The second kappa shape index (κ2) is 12.7. The third-order valence-corrected chi connectivity index (χ3v) is 4.73. The van der Waals surface area contributed by atoms with Gasteiger partial charge in [-0.1, -0.05) is 26.0 Å². The van der Waals surface area contributed by atoms with Crippen LogP contribution in [0.3, 0.4) is 0 Å². The van der Waals surface area contributed by atoms with Gasteiger partial charge in [0.15, 0.2) is 0 Å². The van der Waals surface area contributed by atoms with Crippen LogP contribution in [0.2, 0.25) is 0 Å². The van der Waals surface area contributed by atoms with Crippen molar-refractivity contribution in [3.63, 3.8) is 0 Å². The predicted molar refractivity (Wildman–Crippen MR) is 117 cm³/mol. The topological polar surface area (TPSA) is 96.7 Å². The minimum atomic E-state index is -0.591. The number of amides is 2. The van der Waals surface area contributed by atoms with Crippen LogP contribution in [-0.2, 0) is 9.59 Å². The second-order valence-electron chi connectivity index (χ2n) is 6.99. The van der Waals surface area contributed by atoms with Gasteiger partial charge in [-0.05, 0) is 30.9 Å². The molecule has 1 aliphatic heterocycles. The molecule has 0 saturated carbocycles. The van der Waals surface area contributed by atoms with E-state index in [1.807, 2.05) is 38.1 Å². The Hall–Kier alpha value is -1.70. The zero-order valence-electron chi connectivity index (χ0n) is 16.6. The molecule has 1 aliphatic rings. The number of nitrogens with one attached hydrogen (secondary N) is 2. The average Bonchev–Trinajstić information content (AvgIpc) is 2.66. The van der Waals surface area contributed by atoms with E-state index in [0.29, 0.717) is 0 Å². The summed E-state index contributed by atoms with van der Waals surface area (Å²) in [6, 6.07) is 7.47. The van der Waals surface area contributed by atoms with Crippen molar-refractivity contribution < 1.29 is 14.3 Å². The zero-order valence-corrected chi connectivity index (χ0v) is 18.3. The zero-order chi connectivity index (χ0) is 19.1. The van der Waals surface area contributed by atoms with Gasteiger partial charge in [0.1, 0.15) is 5.75 Å². The summed E-state index contributed by atoms with van der Waals surface area (Å²) in [5, 5.41) is 5.59. The minimum Gasteiger partial charge on any atom is -0.495 e. The summed E-state index contributed by atoms with van der Waals surface area (Å²) >= 11 is 0. The molecule has 0 aromatic heterocycles. The molecule has 1 aromatic rings. The summed E-state index contributed by atoms with van der Waals surface area (Å²) < 4.78 is 5.42. The number of anilines is 1. The van der Waals surface area contributed by atoms with Crippen molar-refractivity contribution in [2.75, 3.05) is 31.6 Å². The maximum atomic E-state index is 12.1. The molecule has 28 heavy (non-hydrogen) atoms. The third-order valence-electron chi connectivity index (χ3n) is 4.73. The van der Waals surface area contributed by atoms with E-state index in [0.717, 1.165) is 37.4 Å². The molecule has 1 atom stereocenters. The van der Waals surface area contributed by atoms with Crippen LogP contribution >= 0.6 is 24.8 Å². The highest BCUT2D eigenvalue weighted by Crippen LogP contribution is 2.29. The van der Waals surface area contributed by atoms with E-state index >= 15 is 0 Å². The highest BCUT2D eigenvalue weighted by Gasteiger charge is 2.23. The number of carbonyl (C=O) groups excluding carboxylic acids is 2. The van der Waals surface area contributed by atoms with Gasteiger partial charge >= 0.3 is 0 Å². The number of benzene rings is 1. The number of nitrogens with two attached hydrogens (primary N) is 1. The summed E-state index contributed by atoms with van der Waals surface area (Å²) in [6.45, 7) is 5.40. The van der Waals surface area contributed by atoms with Crippen molar-refractivity contribution in [2.24, 2.45) is 11.7 Å². The number of halogens is 2. The standard InChI is InChI=1S/C19H30N4O3.2ClH/c1-13(2)18(20)19(25)21-12-17(24)22-14-8-10-23(11-9-14)15-6-4-5-7-16(15)26-3;;/h4-7,13-14,18H,8-12,20H2,1-3H3,(H,21,25)(H,22,24);2*1H/t18-;;/m0../s1. The SMILES string of the molecule is COc1ccccc1N1CCC(NC(=O)CNC(=O)[C@@H](N)C(C)C)CC1.Cl.Cl. The summed E-state index contributed by atoms with van der Waals surface area (Å²) in [4.78, 5) is 26.1. The van der Waals surface area contributed by atoms with Gasteiger partial charge in [-0.3, -0.25) is 9.59 Å². The lowest BCUT2D eigenvalue weighted by Gasteiger charge is -2.34. The molecule has 2 amide bonds. The van der Waals surface area contributed by atoms with Gasteiger partial charge in [0, 0.05) is 19.1 Å². The van der Waals surface area contributed by atoms with Crippen molar-refractivity contribution >= 4 is 42.3 Å². The molecule has 1 saturated heterocycles. The number of hydrogen-bond donors (Lipinski definition) is 3. The average molecular weight is 435 g/mol. The fraction of sp³-hybridized carbons (Fsp3) is 0.579. The number of hydrogen-bond acceptors (Lipinski definition) is 5. The van der Waals surface area contributed by atoms with Crippen molar-refractivity contribution in [3.05, 3.63) is 24.3 Å². The molecule has 0 aliphatic carbocycles. The number of para-hydroxylation sites is 2. The van der Waals surface area contributed by atoms with E-state index in [4.69, 9.17) is 10.5 Å². The number of rotatable bonds is 7. The van der Waals surface area contributed by atoms with E-state index in [-0.39, 0.29) is 55.1 Å². The van der Waals surface area contributed by atoms with Crippen LogP contribution in [0.4, 0.5) is 5.69 Å². The molecule has 0 bridgehead atoms. The molecule has 160 valence electrons. The van der Waals surface area contributed by atoms with Crippen molar-refractivity contribution in [1.29, 1.82) is 0 Å². The van der Waals surface area contributed by atoms with Gasteiger partial charge in [-0.2, -0.15) is 0 Å². The first-order chi connectivity index (χ1) is 12.4. The van der Waals surface area contributed by atoms with Crippen molar-refractivity contribution in [1.82, 2.24) is 10.6 Å². The summed E-state index contributed by atoms with van der Waals surface area (Å²) in [6.07, 6.45) is 1.70. The normalized spacial score (nSPS) is 15.1. The molecular weight excluding hydrogens is 403 g/mol. The summed E-state index contributed by atoms with van der Waals surface area (Å²) in [5.41, 5.74) is 6.84. The van der Waals surface area contributed by atoms with Crippen LogP contribution in [0, 0.1) is 5.92 Å². The quantitative estimate of drug-likeness (QED) is 0.606. The summed E-state index contributed by atoms with van der Waals surface area (Å²) in [5.74, 6) is 0.433. The van der Waals surface area contributed by atoms with Crippen molar-refractivity contribution in [3.8, 4) is 5.75 Å². The maximum Gasteiger partial charge on any atom is 0.239 e. The molecule has 1 fully saturated rings. The Balaban J connectivity index is 0.00000364. The highest BCUT2D eigenvalue weighted by atomic mass is 35.5. The number of methoxy groups -OCH3 is 1. The third kappa shape index (κ3) is 7.37. The predicted octanol–water partition coefficient (Wildman–Crippen LogP) is 1.72. The van der Waals surface area contributed by atoms with Crippen LogP contribution in [0.25, 0.3) is 0 Å². The molecule has 1 heterocycles. The Bertz CT molecular complexity index is 623. The van der Waals surface area contributed by atoms with Crippen molar-refractivity contribution in [2.45, 2.75) is 38.8 Å². The lowest BCUT2D eigenvalue weighted by atomic mass is 10.0. The van der Waals surface area contributed by atoms with E-state index in [2.05, 4.69) is 15.5 Å². The van der Waals surface area contributed by atoms with Crippen LogP contribution in [-0.4, -0.2) is 50.6 Å². The van der Waals surface area contributed by atoms with E-state index in [1.54, 1.807) is 7.11 Å². The fourth-order valence-electron chi connectivity index (χ4n) is 3.02. The first kappa shape index (κ1) is 26.3.